The molecule has 0 aromatic carbocycles. The van der Waals surface area contributed by atoms with E-state index < -0.39 is 4.33 Å². The minimum absolute atomic E-state index is 0.508. The van der Waals surface area contributed by atoms with Crippen molar-refractivity contribution in [3.63, 3.8) is 0 Å². The summed E-state index contributed by atoms with van der Waals surface area (Å²) in [5.41, 5.74) is 0. The Morgan fingerprint density at radius 1 is 0.812 bits per heavy atom. The Labute approximate surface area is 117 Å². The van der Waals surface area contributed by atoms with Crippen LogP contribution in [0.2, 0.25) is 0 Å². The van der Waals surface area contributed by atoms with Crippen LogP contribution in [0, 0.1) is 0 Å². The van der Waals surface area contributed by atoms with Crippen LogP contribution in [0.1, 0.15) is 71.1 Å². The molecule has 0 amide bonds. The molecule has 0 aromatic rings. The topological polar surface area (TPSA) is 0 Å². The predicted octanol–water partition coefficient (Wildman–Crippen LogP) is 6.01. The molecular weight excluding hydrogens is 259 g/mol. The van der Waals surface area contributed by atoms with E-state index in [1.54, 1.807) is 0 Å². The normalized spacial score (nSPS) is 12.0. The van der Waals surface area contributed by atoms with Crippen molar-refractivity contribution in [2.24, 2.45) is 0 Å². The average molecular weight is 285 g/mol. The molecule has 0 heterocycles. The van der Waals surface area contributed by atoms with Crippen LogP contribution in [0.25, 0.3) is 0 Å². The zero-order chi connectivity index (χ0) is 12.3. The third-order valence-electron chi connectivity index (χ3n) is 2.85. The third-order valence-corrected chi connectivity index (χ3v) is 3.92. The lowest BCUT2D eigenvalue weighted by atomic mass is 10.1. The maximum Gasteiger partial charge on any atom is 0.118 e. The Hall–Kier alpha value is 0.930. The summed E-state index contributed by atoms with van der Waals surface area (Å²) in [4.78, 5) is 0. The molecule has 0 N–H and O–H groups in total. The van der Waals surface area contributed by atoms with Gasteiger partial charge in [0, 0.05) is 0 Å². The zero-order valence-corrected chi connectivity index (χ0v) is 12.9. The summed E-state index contributed by atoms with van der Waals surface area (Å²) in [6.45, 7) is 2.25. The molecule has 0 rings (SSSR count). The first-order valence-corrected chi connectivity index (χ1v) is 8.00. The minimum Gasteiger partial charge on any atom is -0.179 e. The molecule has 16 heavy (non-hydrogen) atoms. The van der Waals surface area contributed by atoms with Gasteiger partial charge in [-0.1, -0.05) is 51.9 Å². The van der Waals surface area contributed by atoms with Crippen molar-refractivity contribution in [2.45, 2.75) is 75.5 Å². The molecule has 0 fully saturated rings. The molecule has 98 valence electrons. The standard InChI is InChI=1S/C13H26Cl2S/c1-2-3-4-5-6-7-8-10-13(14,15)11-9-12-16/h16H,2-12H2,1H3. The van der Waals surface area contributed by atoms with Gasteiger partial charge >= 0.3 is 0 Å². The van der Waals surface area contributed by atoms with Gasteiger partial charge in [-0.25, -0.2) is 0 Å². The van der Waals surface area contributed by atoms with Crippen molar-refractivity contribution in [3.8, 4) is 0 Å². The molecule has 0 bridgehead atoms. The van der Waals surface area contributed by atoms with Crippen LogP contribution in [-0.2, 0) is 0 Å². The van der Waals surface area contributed by atoms with E-state index in [9.17, 15) is 0 Å². The quantitative estimate of drug-likeness (QED) is 0.268. The summed E-state index contributed by atoms with van der Waals surface area (Å²) in [5.74, 6) is 0.873. The van der Waals surface area contributed by atoms with Gasteiger partial charge in [0.25, 0.3) is 0 Å². The third kappa shape index (κ3) is 11.4. The summed E-state index contributed by atoms with van der Waals surface area (Å²) in [6.07, 6.45) is 12.0. The SMILES string of the molecule is CCCCCCCCCC(Cl)(Cl)CCCS. The number of hydrogen-bond donors (Lipinski definition) is 1. The summed E-state index contributed by atoms with van der Waals surface area (Å²) in [7, 11) is 0. The molecule has 0 radical (unpaired) electrons. The van der Waals surface area contributed by atoms with E-state index in [1.165, 1.54) is 38.5 Å². The first-order chi connectivity index (χ1) is 7.62. The van der Waals surface area contributed by atoms with Gasteiger partial charge in [0.1, 0.15) is 4.33 Å². The molecule has 0 spiro atoms. The number of halogens is 2. The first-order valence-electron chi connectivity index (χ1n) is 6.61. The van der Waals surface area contributed by atoms with Crippen LogP contribution >= 0.6 is 35.8 Å². The van der Waals surface area contributed by atoms with Crippen molar-refractivity contribution >= 4 is 35.8 Å². The number of unbranched alkanes of at least 4 members (excludes halogenated alkanes) is 6. The second kappa shape index (κ2) is 11.0. The Morgan fingerprint density at radius 2 is 1.31 bits per heavy atom. The molecule has 0 aromatic heterocycles. The van der Waals surface area contributed by atoms with Gasteiger partial charge in [-0.3, -0.25) is 0 Å². The Morgan fingerprint density at radius 3 is 1.88 bits per heavy atom. The van der Waals surface area contributed by atoms with E-state index in [2.05, 4.69) is 19.6 Å². The highest BCUT2D eigenvalue weighted by atomic mass is 35.5. The van der Waals surface area contributed by atoms with Crippen LogP contribution in [-0.4, -0.2) is 10.1 Å². The molecule has 0 saturated heterocycles. The molecular formula is C13H26Cl2S. The van der Waals surface area contributed by atoms with Crippen molar-refractivity contribution in [1.82, 2.24) is 0 Å². The minimum atomic E-state index is -0.508. The van der Waals surface area contributed by atoms with Crippen LogP contribution in [0.15, 0.2) is 0 Å². The van der Waals surface area contributed by atoms with Gasteiger partial charge in [-0.15, -0.1) is 23.2 Å². The van der Waals surface area contributed by atoms with Crippen LogP contribution in [0.3, 0.4) is 0 Å². The fourth-order valence-electron chi connectivity index (χ4n) is 1.80. The van der Waals surface area contributed by atoms with E-state index >= 15 is 0 Å². The lowest BCUT2D eigenvalue weighted by Crippen LogP contribution is -2.12. The van der Waals surface area contributed by atoms with Gasteiger partial charge in [0.2, 0.25) is 0 Å². The van der Waals surface area contributed by atoms with E-state index in [1.807, 2.05) is 0 Å². The molecule has 3 heteroatoms. The number of thiol groups is 1. The van der Waals surface area contributed by atoms with Gasteiger partial charge in [-0.2, -0.15) is 12.6 Å². The van der Waals surface area contributed by atoms with Crippen molar-refractivity contribution < 1.29 is 0 Å². The fraction of sp³-hybridized carbons (Fsp3) is 1.00. The number of alkyl halides is 2. The number of hydrogen-bond acceptors (Lipinski definition) is 1. The summed E-state index contributed by atoms with van der Waals surface area (Å²) < 4.78 is -0.508. The second-order valence-corrected chi connectivity index (χ2v) is 6.64. The van der Waals surface area contributed by atoms with E-state index in [0.29, 0.717) is 0 Å². The smallest absolute Gasteiger partial charge is 0.118 e. The monoisotopic (exact) mass is 284 g/mol. The highest BCUT2D eigenvalue weighted by molar-refractivity contribution is 7.80. The fourth-order valence-corrected chi connectivity index (χ4v) is 2.50. The highest BCUT2D eigenvalue weighted by Crippen LogP contribution is 2.33. The first kappa shape index (κ1) is 16.9. The number of rotatable bonds is 11. The van der Waals surface area contributed by atoms with Crippen molar-refractivity contribution in [3.05, 3.63) is 0 Å². The molecule has 0 aliphatic carbocycles. The lowest BCUT2D eigenvalue weighted by Gasteiger charge is -2.18. The molecule has 0 saturated carbocycles. The predicted molar refractivity (Wildman–Crippen MR) is 80.1 cm³/mol. The molecule has 0 atom stereocenters. The average Bonchev–Trinajstić information content (AvgIpc) is 2.25. The Bertz CT molecular complexity index is 149. The Kier molecular flexibility index (Phi) is 11.7. The zero-order valence-electron chi connectivity index (χ0n) is 10.5. The molecule has 0 aliphatic rings. The van der Waals surface area contributed by atoms with Crippen molar-refractivity contribution in [2.75, 3.05) is 5.75 Å². The molecule has 0 aliphatic heterocycles. The lowest BCUT2D eigenvalue weighted by molar-refractivity contribution is 0.539. The van der Waals surface area contributed by atoms with Crippen molar-refractivity contribution in [1.29, 1.82) is 0 Å². The largest absolute Gasteiger partial charge is 0.179 e. The van der Waals surface area contributed by atoms with Crippen LogP contribution < -0.4 is 0 Å². The summed E-state index contributed by atoms with van der Waals surface area (Å²) in [6, 6.07) is 0. The summed E-state index contributed by atoms with van der Waals surface area (Å²) in [5, 5.41) is 0. The highest BCUT2D eigenvalue weighted by Gasteiger charge is 2.21. The Balaban J connectivity index is 3.29. The summed E-state index contributed by atoms with van der Waals surface area (Å²) >= 11 is 16.6. The van der Waals surface area contributed by atoms with Gasteiger partial charge in [0.15, 0.2) is 0 Å². The van der Waals surface area contributed by atoms with E-state index in [4.69, 9.17) is 23.2 Å². The second-order valence-electron chi connectivity index (χ2n) is 4.55. The molecule has 0 unspecified atom stereocenters. The van der Waals surface area contributed by atoms with Gasteiger partial charge < -0.3 is 0 Å². The maximum atomic E-state index is 6.21. The maximum absolute atomic E-state index is 6.21. The van der Waals surface area contributed by atoms with E-state index in [-0.39, 0.29) is 0 Å². The van der Waals surface area contributed by atoms with E-state index in [0.717, 1.165) is 31.4 Å². The van der Waals surface area contributed by atoms with Crippen LogP contribution in [0.4, 0.5) is 0 Å². The van der Waals surface area contributed by atoms with Gasteiger partial charge in [0.05, 0.1) is 0 Å². The molecule has 0 nitrogen and oxygen atoms in total. The van der Waals surface area contributed by atoms with Crippen LogP contribution in [0.5, 0.6) is 0 Å². The van der Waals surface area contributed by atoms with Gasteiger partial charge in [-0.05, 0) is 25.0 Å².